The van der Waals surface area contributed by atoms with E-state index < -0.39 is 6.04 Å². The molecular formula is C18H20N4O2. The molecule has 124 valence electrons. The van der Waals surface area contributed by atoms with Crippen LogP contribution in [0.4, 0.5) is 0 Å². The van der Waals surface area contributed by atoms with Crippen LogP contribution >= 0.6 is 0 Å². The van der Waals surface area contributed by atoms with E-state index in [4.69, 9.17) is 0 Å². The van der Waals surface area contributed by atoms with E-state index >= 15 is 0 Å². The molecule has 1 unspecified atom stereocenters. The van der Waals surface area contributed by atoms with Gasteiger partial charge in [0.1, 0.15) is 11.7 Å². The van der Waals surface area contributed by atoms with Crippen LogP contribution in [-0.4, -0.2) is 34.8 Å². The quantitative estimate of drug-likeness (QED) is 0.821. The maximum Gasteiger partial charge on any atom is 0.283 e. The zero-order valence-electron chi connectivity index (χ0n) is 13.3. The summed E-state index contributed by atoms with van der Waals surface area (Å²) in [7, 11) is 0. The van der Waals surface area contributed by atoms with Gasteiger partial charge >= 0.3 is 0 Å². The van der Waals surface area contributed by atoms with Gasteiger partial charge in [-0.2, -0.15) is 0 Å². The predicted molar refractivity (Wildman–Crippen MR) is 89.8 cm³/mol. The molecule has 2 aromatic rings. The van der Waals surface area contributed by atoms with Crippen molar-refractivity contribution in [3.63, 3.8) is 0 Å². The van der Waals surface area contributed by atoms with E-state index in [0.717, 1.165) is 31.5 Å². The number of nitrogens with one attached hydrogen (secondary N) is 2. The SMILES string of the molecule is O=C(NNC(C(=O)N1CCCC1)c1ccccc1)c1ccccn1. The predicted octanol–water partition coefficient (Wildman–Crippen LogP) is 1.68. The van der Waals surface area contributed by atoms with Gasteiger partial charge in [0.2, 0.25) is 5.91 Å². The molecule has 1 atom stereocenters. The Balaban J connectivity index is 1.72. The highest BCUT2D eigenvalue weighted by Crippen LogP contribution is 2.18. The summed E-state index contributed by atoms with van der Waals surface area (Å²) in [5, 5.41) is 0. The van der Waals surface area contributed by atoms with Gasteiger partial charge in [0.15, 0.2) is 0 Å². The molecule has 3 rings (SSSR count). The largest absolute Gasteiger partial charge is 0.341 e. The highest BCUT2D eigenvalue weighted by molar-refractivity contribution is 5.92. The molecule has 0 radical (unpaired) electrons. The Bertz CT molecular complexity index is 685. The third-order valence-corrected chi connectivity index (χ3v) is 4.03. The molecule has 0 spiro atoms. The van der Waals surface area contributed by atoms with E-state index in [-0.39, 0.29) is 11.8 Å². The number of likely N-dealkylation sites (tertiary alicyclic amines) is 1. The van der Waals surface area contributed by atoms with Crippen LogP contribution in [0.15, 0.2) is 54.7 Å². The minimum Gasteiger partial charge on any atom is -0.341 e. The maximum absolute atomic E-state index is 12.8. The third-order valence-electron chi connectivity index (χ3n) is 4.03. The molecule has 0 bridgehead atoms. The van der Waals surface area contributed by atoms with Crippen molar-refractivity contribution in [3.05, 3.63) is 66.0 Å². The van der Waals surface area contributed by atoms with Crippen molar-refractivity contribution in [1.82, 2.24) is 20.7 Å². The van der Waals surface area contributed by atoms with Gasteiger partial charge in [-0.3, -0.25) is 20.0 Å². The molecule has 1 saturated heterocycles. The third kappa shape index (κ3) is 3.78. The average Bonchev–Trinajstić information content (AvgIpc) is 3.18. The highest BCUT2D eigenvalue weighted by atomic mass is 16.2. The summed E-state index contributed by atoms with van der Waals surface area (Å²) in [6, 6.07) is 13.9. The number of pyridine rings is 1. The minimum absolute atomic E-state index is 0.0278. The first kappa shape index (κ1) is 16.1. The van der Waals surface area contributed by atoms with Crippen molar-refractivity contribution in [1.29, 1.82) is 0 Å². The zero-order valence-corrected chi connectivity index (χ0v) is 13.3. The normalized spacial score (nSPS) is 15.1. The molecule has 1 aromatic carbocycles. The number of hydrogen-bond donors (Lipinski definition) is 2. The van der Waals surface area contributed by atoms with Gasteiger partial charge in [-0.25, -0.2) is 5.43 Å². The van der Waals surface area contributed by atoms with E-state index in [1.165, 1.54) is 0 Å². The van der Waals surface area contributed by atoms with E-state index in [9.17, 15) is 9.59 Å². The van der Waals surface area contributed by atoms with E-state index in [0.29, 0.717) is 5.69 Å². The highest BCUT2D eigenvalue weighted by Gasteiger charge is 2.28. The molecule has 2 N–H and O–H groups in total. The Kier molecular flexibility index (Phi) is 5.18. The van der Waals surface area contributed by atoms with Crippen molar-refractivity contribution in [2.75, 3.05) is 13.1 Å². The second-order valence-corrected chi connectivity index (χ2v) is 5.69. The molecule has 6 nitrogen and oxygen atoms in total. The molecule has 0 saturated carbocycles. The summed E-state index contributed by atoms with van der Waals surface area (Å²) in [6.45, 7) is 1.52. The summed E-state index contributed by atoms with van der Waals surface area (Å²) < 4.78 is 0. The van der Waals surface area contributed by atoms with Gasteiger partial charge < -0.3 is 4.90 Å². The Morgan fingerprint density at radius 2 is 1.71 bits per heavy atom. The molecule has 1 aliphatic rings. The molecule has 2 heterocycles. The van der Waals surface area contributed by atoms with Crippen molar-refractivity contribution < 1.29 is 9.59 Å². The van der Waals surface area contributed by atoms with Crippen molar-refractivity contribution in [2.24, 2.45) is 0 Å². The topological polar surface area (TPSA) is 74.3 Å². The van der Waals surface area contributed by atoms with Crippen molar-refractivity contribution in [3.8, 4) is 0 Å². The molecule has 2 amide bonds. The van der Waals surface area contributed by atoms with Gasteiger partial charge in [0.25, 0.3) is 5.91 Å². The van der Waals surface area contributed by atoms with Crippen LogP contribution in [0.2, 0.25) is 0 Å². The lowest BCUT2D eigenvalue weighted by Crippen LogP contribution is -2.47. The number of carbonyl (C=O) groups excluding carboxylic acids is 2. The zero-order chi connectivity index (χ0) is 16.8. The molecule has 6 heteroatoms. The summed E-state index contributed by atoms with van der Waals surface area (Å²) in [6.07, 6.45) is 3.60. The van der Waals surface area contributed by atoms with Crippen LogP contribution in [0, 0.1) is 0 Å². The second-order valence-electron chi connectivity index (χ2n) is 5.69. The fraction of sp³-hybridized carbons (Fsp3) is 0.278. The van der Waals surface area contributed by atoms with E-state index in [1.54, 1.807) is 24.4 Å². The summed E-state index contributed by atoms with van der Waals surface area (Å²) in [5.74, 6) is -0.397. The first-order valence-corrected chi connectivity index (χ1v) is 8.06. The van der Waals surface area contributed by atoms with Gasteiger partial charge in [0.05, 0.1) is 0 Å². The Hall–Kier alpha value is -2.73. The molecule has 0 aliphatic carbocycles. The lowest BCUT2D eigenvalue weighted by molar-refractivity contribution is -0.132. The molecule has 1 fully saturated rings. The maximum atomic E-state index is 12.8. The van der Waals surface area contributed by atoms with Crippen LogP contribution in [-0.2, 0) is 4.79 Å². The molecular weight excluding hydrogens is 304 g/mol. The second kappa shape index (κ2) is 7.70. The smallest absolute Gasteiger partial charge is 0.283 e. The molecule has 1 aromatic heterocycles. The van der Waals surface area contributed by atoms with E-state index in [2.05, 4.69) is 15.8 Å². The van der Waals surface area contributed by atoms with Crippen LogP contribution in [0.3, 0.4) is 0 Å². The number of nitrogens with zero attached hydrogens (tertiary/aromatic N) is 2. The van der Waals surface area contributed by atoms with Gasteiger partial charge in [0, 0.05) is 19.3 Å². The molecule has 24 heavy (non-hydrogen) atoms. The number of aromatic nitrogens is 1. The average molecular weight is 324 g/mol. The number of rotatable bonds is 5. The van der Waals surface area contributed by atoms with Crippen LogP contribution in [0.25, 0.3) is 0 Å². The van der Waals surface area contributed by atoms with Gasteiger partial charge in [-0.05, 0) is 30.5 Å². The first-order chi connectivity index (χ1) is 11.8. The fourth-order valence-electron chi connectivity index (χ4n) is 2.75. The number of hydrazine groups is 1. The Morgan fingerprint density at radius 1 is 1.00 bits per heavy atom. The summed E-state index contributed by atoms with van der Waals surface area (Å²) in [4.78, 5) is 30.8. The molecule has 1 aliphatic heterocycles. The first-order valence-electron chi connectivity index (χ1n) is 8.06. The standard InChI is InChI=1S/C18H20N4O2/c23-17(15-10-4-5-11-19-15)21-20-16(14-8-2-1-3-9-14)18(24)22-12-6-7-13-22/h1-5,8-11,16,20H,6-7,12-13H2,(H,21,23). The lowest BCUT2D eigenvalue weighted by atomic mass is 10.1. The van der Waals surface area contributed by atoms with E-state index in [1.807, 2.05) is 35.2 Å². The summed E-state index contributed by atoms with van der Waals surface area (Å²) in [5.41, 5.74) is 6.60. The van der Waals surface area contributed by atoms with Gasteiger partial charge in [-0.1, -0.05) is 36.4 Å². The Morgan fingerprint density at radius 3 is 2.38 bits per heavy atom. The Labute approximate surface area is 140 Å². The van der Waals surface area contributed by atoms with Crippen molar-refractivity contribution >= 4 is 11.8 Å². The van der Waals surface area contributed by atoms with Crippen LogP contribution < -0.4 is 10.9 Å². The number of amides is 2. The summed E-state index contributed by atoms with van der Waals surface area (Å²) >= 11 is 0. The van der Waals surface area contributed by atoms with Crippen molar-refractivity contribution in [2.45, 2.75) is 18.9 Å². The van der Waals surface area contributed by atoms with Crippen LogP contribution in [0.5, 0.6) is 0 Å². The lowest BCUT2D eigenvalue weighted by Gasteiger charge is -2.24. The fourth-order valence-corrected chi connectivity index (χ4v) is 2.75. The number of carbonyl (C=O) groups is 2. The monoisotopic (exact) mass is 324 g/mol. The minimum atomic E-state index is -0.614. The van der Waals surface area contributed by atoms with Gasteiger partial charge in [-0.15, -0.1) is 0 Å². The van der Waals surface area contributed by atoms with Crippen LogP contribution in [0.1, 0.15) is 34.9 Å². The number of hydrogen-bond acceptors (Lipinski definition) is 4. The number of benzene rings is 1.